The van der Waals surface area contributed by atoms with Gasteiger partial charge in [0, 0.05) is 6.54 Å². The molecule has 7 heteroatoms. The molecule has 0 aromatic heterocycles. The molecule has 2 amide bonds. The van der Waals surface area contributed by atoms with Crippen LogP contribution in [0.4, 0.5) is 4.79 Å². The van der Waals surface area contributed by atoms with Gasteiger partial charge in [-0.3, -0.25) is 4.79 Å². The highest BCUT2D eigenvalue weighted by Gasteiger charge is 2.51. The van der Waals surface area contributed by atoms with Gasteiger partial charge in [-0.15, -0.1) is 0 Å². The second-order valence-electron chi connectivity index (χ2n) is 8.22. The van der Waals surface area contributed by atoms with Crippen LogP contribution in [0.15, 0.2) is 0 Å². The van der Waals surface area contributed by atoms with Gasteiger partial charge in [0.1, 0.15) is 11.2 Å². The van der Waals surface area contributed by atoms with E-state index in [1.165, 1.54) is 0 Å². The molecule has 1 rings (SSSR count). The summed E-state index contributed by atoms with van der Waals surface area (Å²) < 4.78 is 10.8. The smallest absolute Gasteiger partial charge is 0.408 e. The quantitative estimate of drug-likeness (QED) is 0.750. The Morgan fingerprint density at radius 1 is 1.12 bits per heavy atom. The molecule has 0 bridgehead atoms. The first kappa shape index (κ1) is 20.3. The van der Waals surface area contributed by atoms with Crippen molar-refractivity contribution < 1.29 is 23.9 Å². The fraction of sp³-hybridized carbons (Fsp3) is 0.824. The number of hydrogen-bond donors (Lipinski definition) is 2. The number of carbonyl (C=O) groups is 3. The van der Waals surface area contributed by atoms with E-state index in [-0.39, 0.29) is 5.91 Å². The van der Waals surface area contributed by atoms with Crippen LogP contribution >= 0.6 is 0 Å². The van der Waals surface area contributed by atoms with Crippen LogP contribution in [0.1, 0.15) is 61.3 Å². The predicted molar refractivity (Wildman–Crippen MR) is 89.4 cm³/mol. The Balaban J connectivity index is 3.17. The average molecular weight is 342 g/mol. The van der Waals surface area contributed by atoms with Crippen LogP contribution in [-0.4, -0.2) is 41.3 Å². The van der Waals surface area contributed by atoms with Crippen molar-refractivity contribution in [3.8, 4) is 0 Å². The fourth-order valence-electron chi connectivity index (χ4n) is 2.53. The van der Waals surface area contributed by atoms with Crippen molar-refractivity contribution in [1.82, 2.24) is 10.6 Å². The maximum atomic E-state index is 12.9. The van der Waals surface area contributed by atoms with Gasteiger partial charge < -0.3 is 20.1 Å². The van der Waals surface area contributed by atoms with E-state index in [1.807, 2.05) is 0 Å². The van der Waals surface area contributed by atoms with Gasteiger partial charge in [-0.2, -0.15) is 0 Å². The van der Waals surface area contributed by atoms with E-state index >= 15 is 0 Å². The van der Waals surface area contributed by atoms with Crippen molar-refractivity contribution in [3.05, 3.63) is 0 Å². The molecule has 2 N–H and O–H groups in total. The minimum atomic E-state index is -1.45. The summed E-state index contributed by atoms with van der Waals surface area (Å²) in [6, 6.07) is 0. The molecule has 1 aliphatic rings. The molecule has 7 nitrogen and oxygen atoms in total. The third-order valence-corrected chi connectivity index (χ3v) is 3.67. The molecule has 1 saturated heterocycles. The number of hydrogen-bond acceptors (Lipinski definition) is 5. The standard InChI is InChI=1S/C17H30N2O5/c1-11-12(20)18-10-8-9-17(11,13(21)23-15(2,3)4)19-14(22)24-16(5,6)7/h11H,8-10H2,1-7H3,(H,18,20)(H,19,22)/t11-,17-/m0/s1. The zero-order valence-corrected chi connectivity index (χ0v) is 15.7. The first-order chi connectivity index (χ1) is 10.8. The maximum Gasteiger partial charge on any atom is 0.408 e. The van der Waals surface area contributed by atoms with Gasteiger partial charge in [-0.1, -0.05) is 6.92 Å². The molecule has 0 spiro atoms. The van der Waals surface area contributed by atoms with Crippen LogP contribution in [0, 0.1) is 5.92 Å². The molecular weight excluding hydrogens is 312 g/mol. The highest BCUT2D eigenvalue weighted by Crippen LogP contribution is 2.30. The third-order valence-electron chi connectivity index (χ3n) is 3.67. The molecule has 1 aliphatic heterocycles. The number of ether oxygens (including phenoxy) is 2. The zero-order valence-electron chi connectivity index (χ0n) is 15.7. The van der Waals surface area contributed by atoms with E-state index in [4.69, 9.17) is 9.47 Å². The van der Waals surface area contributed by atoms with E-state index in [1.54, 1.807) is 48.5 Å². The SMILES string of the molecule is C[C@H]1C(=O)NCCC[C@@]1(NC(=O)OC(C)(C)C)C(=O)OC(C)(C)C. The van der Waals surface area contributed by atoms with E-state index in [0.717, 1.165) is 0 Å². The largest absolute Gasteiger partial charge is 0.458 e. The summed E-state index contributed by atoms with van der Waals surface area (Å²) in [5, 5.41) is 5.38. The van der Waals surface area contributed by atoms with Crippen LogP contribution in [0.2, 0.25) is 0 Å². The van der Waals surface area contributed by atoms with Gasteiger partial charge in [0.15, 0.2) is 5.54 Å². The van der Waals surface area contributed by atoms with Crippen LogP contribution in [-0.2, 0) is 19.1 Å². The number of nitrogens with one attached hydrogen (secondary N) is 2. The van der Waals surface area contributed by atoms with E-state index in [2.05, 4.69) is 10.6 Å². The van der Waals surface area contributed by atoms with Crippen molar-refractivity contribution in [2.75, 3.05) is 6.54 Å². The Labute approximate surface area is 143 Å². The summed E-state index contributed by atoms with van der Waals surface area (Å²) in [5.41, 5.74) is -2.90. The molecule has 0 unspecified atom stereocenters. The van der Waals surface area contributed by atoms with E-state index in [0.29, 0.717) is 19.4 Å². The number of alkyl carbamates (subject to hydrolysis) is 1. The van der Waals surface area contributed by atoms with Crippen molar-refractivity contribution in [2.45, 2.75) is 78.0 Å². The lowest BCUT2D eigenvalue weighted by Gasteiger charge is -2.37. The Hall–Kier alpha value is -1.79. The van der Waals surface area contributed by atoms with E-state index in [9.17, 15) is 14.4 Å². The van der Waals surface area contributed by atoms with Crippen molar-refractivity contribution >= 4 is 18.0 Å². The summed E-state index contributed by atoms with van der Waals surface area (Å²) in [6.07, 6.45) is 0.0986. The highest BCUT2D eigenvalue weighted by atomic mass is 16.6. The van der Waals surface area contributed by atoms with Crippen LogP contribution < -0.4 is 10.6 Å². The first-order valence-corrected chi connectivity index (χ1v) is 8.29. The molecule has 1 heterocycles. The molecule has 0 aromatic carbocycles. The Bertz CT molecular complexity index is 504. The van der Waals surface area contributed by atoms with Crippen LogP contribution in [0.25, 0.3) is 0 Å². The minimum Gasteiger partial charge on any atom is -0.458 e. The lowest BCUT2D eigenvalue weighted by Crippen LogP contribution is -2.62. The molecular formula is C17H30N2O5. The molecule has 0 radical (unpaired) electrons. The number of amides is 2. The molecule has 1 fully saturated rings. The highest BCUT2D eigenvalue weighted by molar-refractivity contribution is 5.94. The average Bonchev–Trinajstić information content (AvgIpc) is 2.48. The Morgan fingerprint density at radius 2 is 1.67 bits per heavy atom. The monoisotopic (exact) mass is 342 g/mol. The number of carbonyl (C=O) groups excluding carboxylic acids is 3. The zero-order chi connectivity index (χ0) is 18.8. The Kier molecular flexibility index (Phi) is 5.90. The summed E-state index contributed by atoms with van der Waals surface area (Å²) in [7, 11) is 0. The normalized spacial score (nSPS) is 25.3. The molecule has 0 aliphatic carbocycles. The summed E-state index contributed by atoms with van der Waals surface area (Å²) in [6.45, 7) is 12.5. The van der Waals surface area contributed by atoms with Gasteiger partial charge >= 0.3 is 12.1 Å². The first-order valence-electron chi connectivity index (χ1n) is 8.29. The van der Waals surface area contributed by atoms with Crippen molar-refractivity contribution in [1.29, 1.82) is 0 Å². The van der Waals surface area contributed by atoms with Gasteiger partial charge in [-0.25, -0.2) is 9.59 Å². The Morgan fingerprint density at radius 3 is 2.17 bits per heavy atom. The fourth-order valence-corrected chi connectivity index (χ4v) is 2.53. The summed E-state index contributed by atoms with van der Waals surface area (Å²) >= 11 is 0. The summed E-state index contributed by atoms with van der Waals surface area (Å²) in [4.78, 5) is 37.4. The lowest BCUT2D eigenvalue weighted by molar-refractivity contribution is -0.167. The molecule has 2 atom stereocenters. The van der Waals surface area contributed by atoms with Crippen LogP contribution in [0.3, 0.4) is 0 Å². The van der Waals surface area contributed by atoms with Gasteiger partial charge in [-0.05, 0) is 54.4 Å². The molecule has 24 heavy (non-hydrogen) atoms. The molecule has 138 valence electrons. The number of rotatable bonds is 2. The predicted octanol–water partition coefficient (Wildman–Crippen LogP) is 2.14. The second-order valence-corrected chi connectivity index (χ2v) is 8.22. The second kappa shape index (κ2) is 6.99. The molecule has 0 saturated carbocycles. The third kappa shape index (κ3) is 5.39. The van der Waals surface area contributed by atoms with Crippen LogP contribution in [0.5, 0.6) is 0 Å². The topological polar surface area (TPSA) is 93.7 Å². The summed E-state index contributed by atoms with van der Waals surface area (Å²) in [5.74, 6) is -1.69. The molecule has 0 aromatic rings. The number of esters is 1. The van der Waals surface area contributed by atoms with Gasteiger partial charge in [0.25, 0.3) is 0 Å². The lowest BCUT2D eigenvalue weighted by atomic mass is 9.81. The minimum absolute atomic E-state index is 0.293. The van der Waals surface area contributed by atoms with E-state index < -0.39 is 34.7 Å². The van der Waals surface area contributed by atoms with Crippen molar-refractivity contribution in [3.63, 3.8) is 0 Å². The van der Waals surface area contributed by atoms with Gasteiger partial charge in [0.2, 0.25) is 5.91 Å². The van der Waals surface area contributed by atoms with Gasteiger partial charge in [0.05, 0.1) is 5.92 Å². The van der Waals surface area contributed by atoms with Crippen molar-refractivity contribution in [2.24, 2.45) is 5.92 Å². The maximum absolute atomic E-state index is 12.9.